The van der Waals surface area contributed by atoms with Crippen LogP contribution in [0.4, 0.5) is 0 Å². The molecule has 0 saturated heterocycles. The summed E-state index contributed by atoms with van der Waals surface area (Å²) in [6, 6.07) is 0. The van der Waals surface area contributed by atoms with Crippen LogP contribution >= 0.6 is 0 Å². The second-order valence-electron chi connectivity index (χ2n) is 3.16. The lowest BCUT2D eigenvalue weighted by Gasteiger charge is -1.95. The number of hydrogen-bond acceptors (Lipinski definition) is 0. The first-order chi connectivity index (χ1) is 6.85. The fourth-order valence-electron chi connectivity index (χ4n) is 1.02. The maximum atomic E-state index is 3.80. The molecule has 76 valence electrons. The van der Waals surface area contributed by atoms with Crippen molar-refractivity contribution in [1.82, 2.24) is 0 Å². The van der Waals surface area contributed by atoms with Gasteiger partial charge in [0.25, 0.3) is 0 Å². The van der Waals surface area contributed by atoms with Crippen LogP contribution in [0.15, 0.2) is 0 Å². The van der Waals surface area contributed by atoms with Gasteiger partial charge in [-0.05, 0) is 19.8 Å². The summed E-state index contributed by atoms with van der Waals surface area (Å²) in [7, 11) is 0. The molecule has 0 aliphatic rings. The molecule has 14 heavy (non-hydrogen) atoms. The molecule has 1 atom stereocenters. The molecule has 0 spiro atoms. The lowest BCUT2D eigenvalue weighted by molar-refractivity contribution is 0.766. The topological polar surface area (TPSA) is 0 Å². The van der Waals surface area contributed by atoms with Crippen LogP contribution in [-0.4, -0.2) is 0 Å². The molecule has 0 aromatic rings. The van der Waals surface area contributed by atoms with Gasteiger partial charge >= 0.3 is 0 Å². The van der Waals surface area contributed by atoms with E-state index >= 15 is 0 Å². The maximum Gasteiger partial charge on any atom is 0.0808 e. The molecule has 0 aromatic heterocycles. The Morgan fingerprint density at radius 2 is 1.79 bits per heavy atom. The summed E-state index contributed by atoms with van der Waals surface area (Å²) in [5.41, 5.74) is 0. The molecular weight excluding hydrogens is 168 g/mol. The van der Waals surface area contributed by atoms with Crippen molar-refractivity contribution in [2.45, 2.75) is 45.4 Å². The second kappa shape index (κ2) is 10.2. The van der Waals surface area contributed by atoms with Gasteiger partial charge in [-0.15, -0.1) is 11.8 Å². The predicted octanol–water partition coefficient (Wildman–Crippen LogP) is 3.64. The summed E-state index contributed by atoms with van der Waals surface area (Å²) < 4.78 is 0. The average molecular weight is 188 g/mol. The van der Waals surface area contributed by atoms with Crippen LogP contribution < -0.4 is 0 Å². The first-order valence-corrected chi connectivity index (χ1v) is 5.40. The monoisotopic (exact) mass is 188 g/mol. The molecule has 0 aliphatic heterocycles. The van der Waals surface area contributed by atoms with Gasteiger partial charge in [0.1, 0.15) is 0 Å². The Kier molecular flexibility index (Phi) is 9.56. The second-order valence-corrected chi connectivity index (χ2v) is 3.16. The van der Waals surface area contributed by atoms with Crippen molar-refractivity contribution in [3.63, 3.8) is 0 Å². The van der Waals surface area contributed by atoms with E-state index in [2.05, 4.69) is 44.5 Å². The van der Waals surface area contributed by atoms with Crippen molar-refractivity contribution in [3.05, 3.63) is 13.8 Å². The lowest BCUT2D eigenvalue weighted by Crippen LogP contribution is -1.89. The minimum atomic E-state index is 0.247. The average Bonchev–Trinajstić information content (AvgIpc) is 2.22. The first-order valence-electron chi connectivity index (χ1n) is 5.40. The van der Waals surface area contributed by atoms with Crippen LogP contribution in [0, 0.1) is 43.4 Å². The molecule has 0 aromatic carbocycles. The summed E-state index contributed by atoms with van der Waals surface area (Å²) in [5.74, 6) is 12.7. The van der Waals surface area contributed by atoms with Gasteiger partial charge < -0.3 is 0 Å². The molecule has 0 saturated carbocycles. The van der Waals surface area contributed by atoms with Crippen LogP contribution in [0.5, 0.6) is 0 Å². The van der Waals surface area contributed by atoms with Crippen molar-refractivity contribution >= 4 is 0 Å². The van der Waals surface area contributed by atoms with E-state index in [9.17, 15) is 0 Å². The van der Waals surface area contributed by atoms with Gasteiger partial charge in [-0.3, -0.25) is 0 Å². The van der Waals surface area contributed by atoms with E-state index in [0.29, 0.717) is 6.42 Å². The third kappa shape index (κ3) is 7.75. The molecule has 0 fully saturated rings. The van der Waals surface area contributed by atoms with E-state index in [1.54, 1.807) is 0 Å². The lowest BCUT2D eigenvalue weighted by atomic mass is 10.1. The Morgan fingerprint density at radius 1 is 1.07 bits per heavy atom. The van der Waals surface area contributed by atoms with Gasteiger partial charge in [0.05, 0.1) is 5.92 Å². The van der Waals surface area contributed by atoms with Gasteiger partial charge in [0.2, 0.25) is 0 Å². The van der Waals surface area contributed by atoms with Crippen LogP contribution in [0.25, 0.3) is 0 Å². The van der Waals surface area contributed by atoms with Gasteiger partial charge in [0, 0.05) is 12.8 Å². The zero-order valence-electron chi connectivity index (χ0n) is 9.23. The summed E-state index contributed by atoms with van der Waals surface area (Å²) in [4.78, 5) is 0. The summed E-state index contributed by atoms with van der Waals surface area (Å²) in [6.07, 6.45) is 6.03. The highest BCUT2D eigenvalue weighted by atomic mass is 14.0. The highest BCUT2D eigenvalue weighted by Gasteiger charge is 1.93. The quantitative estimate of drug-likeness (QED) is 0.467. The Labute approximate surface area is 89.5 Å². The molecule has 0 aliphatic carbocycles. The largest absolute Gasteiger partial charge is 0.102 e. The smallest absolute Gasteiger partial charge is 0.0808 e. The first kappa shape index (κ1) is 13.1. The molecule has 2 radical (unpaired) electrons. The molecule has 0 bridgehead atoms. The normalized spacial score (nSPS) is 10.8. The van der Waals surface area contributed by atoms with Gasteiger partial charge in [-0.2, -0.15) is 0 Å². The van der Waals surface area contributed by atoms with Gasteiger partial charge in [-0.25, -0.2) is 0 Å². The summed E-state index contributed by atoms with van der Waals surface area (Å²) in [6.45, 7) is 9.60. The fraction of sp³-hybridized carbons (Fsp3) is 0.571. The molecule has 0 heteroatoms. The molecule has 0 heterocycles. The minimum absolute atomic E-state index is 0.247. The van der Waals surface area contributed by atoms with Crippen molar-refractivity contribution in [2.24, 2.45) is 5.92 Å². The molecular formula is C14H20. The predicted molar refractivity (Wildman–Crippen MR) is 63.1 cm³/mol. The van der Waals surface area contributed by atoms with Crippen molar-refractivity contribution in [3.8, 4) is 23.7 Å². The maximum absolute atomic E-state index is 3.80. The van der Waals surface area contributed by atoms with Crippen LogP contribution in [0.3, 0.4) is 0 Å². The number of unbranched alkanes of at least 4 members (excludes halogenated alkanes) is 3. The highest BCUT2D eigenvalue weighted by Crippen LogP contribution is 2.00. The Balaban J connectivity index is 3.78. The summed E-state index contributed by atoms with van der Waals surface area (Å²) in [5, 5.41) is 0. The van der Waals surface area contributed by atoms with E-state index < -0.39 is 0 Å². The number of rotatable bonds is 4. The molecule has 0 nitrogen and oxygen atoms in total. The molecule has 0 amide bonds. The van der Waals surface area contributed by atoms with Crippen molar-refractivity contribution < 1.29 is 0 Å². The highest BCUT2D eigenvalue weighted by molar-refractivity contribution is 5.17. The number of hydrogen-bond donors (Lipinski definition) is 0. The van der Waals surface area contributed by atoms with Crippen molar-refractivity contribution in [2.75, 3.05) is 0 Å². The summed E-state index contributed by atoms with van der Waals surface area (Å²) >= 11 is 0. The third-order valence-corrected chi connectivity index (χ3v) is 1.89. The van der Waals surface area contributed by atoms with E-state index in [1.807, 2.05) is 0 Å². The van der Waals surface area contributed by atoms with Crippen LogP contribution in [0.1, 0.15) is 45.4 Å². The SMILES string of the molecule is [CH2]CC#CC(C#CCCCC[CH2])CC. The zero-order valence-corrected chi connectivity index (χ0v) is 9.23. The molecule has 0 rings (SSSR count). The third-order valence-electron chi connectivity index (χ3n) is 1.89. The molecule has 1 unspecified atom stereocenters. The van der Waals surface area contributed by atoms with E-state index in [0.717, 1.165) is 25.7 Å². The zero-order chi connectivity index (χ0) is 10.6. The molecule has 0 N–H and O–H groups in total. The minimum Gasteiger partial charge on any atom is -0.102 e. The van der Waals surface area contributed by atoms with E-state index in [-0.39, 0.29) is 5.92 Å². The fourth-order valence-corrected chi connectivity index (χ4v) is 1.02. The Morgan fingerprint density at radius 3 is 2.36 bits per heavy atom. The van der Waals surface area contributed by atoms with E-state index in [1.165, 1.54) is 6.42 Å². The Hall–Kier alpha value is -0.880. The Bertz CT molecular complexity index is 228. The van der Waals surface area contributed by atoms with Crippen molar-refractivity contribution in [1.29, 1.82) is 0 Å². The standard InChI is InChI=1S/C14H20/c1-4-7-9-10-11-13-14(6-3)12-8-5-2/h14H,1-2,4-7,9-10H2,3H3. The van der Waals surface area contributed by atoms with Crippen LogP contribution in [0.2, 0.25) is 0 Å². The van der Waals surface area contributed by atoms with Crippen LogP contribution in [-0.2, 0) is 0 Å². The van der Waals surface area contributed by atoms with Gasteiger partial charge in [-0.1, -0.05) is 38.5 Å². The van der Waals surface area contributed by atoms with Gasteiger partial charge in [0.15, 0.2) is 0 Å². The van der Waals surface area contributed by atoms with E-state index in [4.69, 9.17) is 0 Å².